The summed E-state index contributed by atoms with van der Waals surface area (Å²) < 4.78 is 25.1. The number of primary sulfonamides is 1. The van der Waals surface area contributed by atoms with Crippen LogP contribution in [0.1, 0.15) is 39.0 Å². The van der Waals surface area contributed by atoms with E-state index in [1.165, 1.54) is 0 Å². The molecule has 1 aromatic carbocycles. The molecule has 0 aliphatic heterocycles. The Labute approximate surface area is 136 Å². The molecule has 3 N–H and O–H groups in total. The van der Waals surface area contributed by atoms with Crippen LogP contribution < -0.4 is 10.5 Å². The summed E-state index contributed by atoms with van der Waals surface area (Å²) in [6.07, 6.45) is 2.47. The van der Waals surface area contributed by atoms with Crippen molar-refractivity contribution in [2.45, 2.75) is 51.1 Å². The first-order chi connectivity index (χ1) is 10.6. The van der Waals surface area contributed by atoms with E-state index in [4.69, 9.17) is 5.14 Å². The maximum absolute atomic E-state index is 11.7. The highest BCUT2D eigenvalue weighted by Crippen LogP contribution is 2.21. The van der Waals surface area contributed by atoms with Crippen molar-refractivity contribution in [2.24, 2.45) is 5.14 Å². The molecule has 0 saturated carbocycles. The molecule has 0 fully saturated rings. The van der Waals surface area contributed by atoms with E-state index in [1.807, 2.05) is 40.0 Å². The average Bonchev–Trinajstić information content (AvgIpc) is 2.93. The minimum Gasteiger partial charge on any atom is -0.379 e. The van der Waals surface area contributed by atoms with Crippen LogP contribution in [0.4, 0.5) is 5.69 Å². The highest BCUT2D eigenvalue weighted by molar-refractivity contribution is 7.89. The molecule has 1 heterocycles. The number of anilines is 1. The lowest BCUT2D eigenvalue weighted by atomic mass is 10.1. The zero-order valence-corrected chi connectivity index (χ0v) is 14.7. The summed E-state index contributed by atoms with van der Waals surface area (Å²) in [5, 5.41) is 16.6. The van der Waals surface area contributed by atoms with Gasteiger partial charge in [-0.2, -0.15) is 0 Å². The zero-order chi connectivity index (χ0) is 17.3. The fraction of sp³-hybridized carbons (Fsp3) is 0.467. The van der Waals surface area contributed by atoms with Gasteiger partial charge < -0.3 is 5.32 Å². The van der Waals surface area contributed by atoms with Gasteiger partial charge in [0, 0.05) is 5.69 Å². The summed E-state index contributed by atoms with van der Waals surface area (Å²) in [5.74, 6) is 0. The van der Waals surface area contributed by atoms with Crippen molar-refractivity contribution in [2.75, 3.05) is 5.32 Å². The van der Waals surface area contributed by atoms with Crippen molar-refractivity contribution in [3.05, 3.63) is 35.7 Å². The molecule has 0 atom stereocenters. The number of aromatic nitrogens is 3. The summed E-state index contributed by atoms with van der Waals surface area (Å²) in [7, 11) is -3.74. The standard InChI is InChI=1S/C15H23N5O2S/c1-5-11-6-7-12(8-14(11)23(16,21)22)17-9-13-10-20(19-18-13)15(2,3)4/h6-8,10,17H,5,9H2,1-4H3,(H2,16,21,22). The van der Waals surface area contributed by atoms with Gasteiger partial charge in [0.05, 0.1) is 23.2 Å². The van der Waals surface area contributed by atoms with Crippen LogP contribution in [0.3, 0.4) is 0 Å². The largest absolute Gasteiger partial charge is 0.379 e. The fourth-order valence-electron chi connectivity index (χ4n) is 2.12. The smallest absolute Gasteiger partial charge is 0.238 e. The van der Waals surface area contributed by atoms with E-state index in [2.05, 4.69) is 15.6 Å². The zero-order valence-electron chi connectivity index (χ0n) is 13.9. The molecule has 0 bridgehead atoms. The van der Waals surface area contributed by atoms with Crippen molar-refractivity contribution in [3.63, 3.8) is 0 Å². The van der Waals surface area contributed by atoms with Crippen LogP contribution in [-0.2, 0) is 28.5 Å². The quantitative estimate of drug-likeness (QED) is 0.867. The van der Waals surface area contributed by atoms with Gasteiger partial charge in [-0.1, -0.05) is 18.2 Å². The maximum Gasteiger partial charge on any atom is 0.238 e. The Kier molecular flexibility index (Phi) is 4.76. The molecule has 7 nitrogen and oxygen atoms in total. The SMILES string of the molecule is CCc1ccc(NCc2cn(C(C)(C)C)nn2)cc1S(N)(=O)=O. The first-order valence-corrected chi connectivity index (χ1v) is 8.97. The predicted molar refractivity (Wildman–Crippen MR) is 89.5 cm³/mol. The van der Waals surface area contributed by atoms with E-state index in [0.717, 1.165) is 5.69 Å². The second kappa shape index (κ2) is 6.29. The number of nitrogens with one attached hydrogen (secondary N) is 1. The highest BCUT2D eigenvalue weighted by Gasteiger charge is 2.16. The monoisotopic (exact) mass is 337 g/mol. The van der Waals surface area contributed by atoms with E-state index in [9.17, 15) is 8.42 Å². The molecular weight excluding hydrogens is 314 g/mol. The number of rotatable bonds is 5. The van der Waals surface area contributed by atoms with Gasteiger partial charge in [-0.25, -0.2) is 18.2 Å². The first kappa shape index (κ1) is 17.4. The molecule has 0 amide bonds. The van der Waals surface area contributed by atoms with Crippen molar-refractivity contribution >= 4 is 15.7 Å². The molecular formula is C15H23N5O2S. The van der Waals surface area contributed by atoms with Crippen LogP contribution in [0.5, 0.6) is 0 Å². The third kappa shape index (κ3) is 4.29. The Bertz CT molecular complexity index is 790. The van der Waals surface area contributed by atoms with Crippen molar-refractivity contribution in [1.29, 1.82) is 0 Å². The summed E-state index contributed by atoms with van der Waals surface area (Å²) in [4.78, 5) is 0.156. The first-order valence-electron chi connectivity index (χ1n) is 7.42. The normalized spacial score (nSPS) is 12.4. The van der Waals surface area contributed by atoms with Gasteiger partial charge in [0.1, 0.15) is 5.69 Å². The van der Waals surface area contributed by atoms with Crippen LogP contribution in [0.25, 0.3) is 0 Å². The molecule has 126 valence electrons. The topological polar surface area (TPSA) is 103 Å². The average molecular weight is 337 g/mol. The minimum atomic E-state index is -3.74. The van der Waals surface area contributed by atoms with E-state index < -0.39 is 10.0 Å². The van der Waals surface area contributed by atoms with Crippen LogP contribution in [-0.4, -0.2) is 23.4 Å². The molecule has 0 spiro atoms. The number of nitrogens with zero attached hydrogens (tertiary/aromatic N) is 3. The van der Waals surface area contributed by atoms with Gasteiger partial charge >= 0.3 is 0 Å². The molecule has 23 heavy (non-hydrogen) atoms. The van der Waals surface area contributed by atoms with E-state index >= 15 is 0 Å². The number of hydrogen-bond donors (Lipinski definition) is 2. The van der Waals surface area contributed by atoms with Gasteiger partial charge in [0.15, 0.2) is 0 Å². The molecule has 0 aliphatic carbocycles. The molecule has 0 saturated heterocycles. The van der Waals surface area contributed by atoms with Gasteiger partial charge in [-0.15, -0.1) is 5.10 Å². The van der Waals surface area contributed by atoms with Crippen LogP contribution in [0.15, 0.2) is 29.3 Å². The Morgan fingerprint density at radius 1 is 1.30 bits per heavy atom. The van der Waals surface area contributed by atoms with Crippen molar-refractivity contribution in [1.82, 2.24) is 15.0 Å². The van der Waals surface area contributed by atoms with E-state index in [-0.39, 0.29) is 10.4 Å². The molecule has 1 aromatic heterocycles. The second-order valence-corrected chi connectivity index (χ2v) is 7.93. The number of aryl methyl sites for hydroxylation is 1. The van der Waals surface area contributed by atoms with Crippen LogP contribution in [0.2, 0.25) is 0 Å². The number of sulfonamides is 1. The van der Waals surface area contributed by atoms with E-state index in [0.29, 0.717) is 24.2 Å². The lowest BCUT2D eigenvalue weighted by Crippen LogP contribution is -2.22. The molecule has 0 radical (unpaired) electrons. The summed E-state index contributed by atoms with van der Waals surface area (Å²) in [5.41, 5.74) is 2.03. The second-order valence-electron chi connectivity index (χ2n) is 6.40. The number of benzene rings is 1. The van der Waals surface area contributed by atoms with Crippen molar-refractivity contribution < 1.29 is 8.42 Å². The third-order valence-corrected chi connectivity index (χ3v) is 4.45. The lowest BCUT2D eigenvalue weighted by Gasteiger charge is -2.17. The molecule has 0 unspecified atom stereocenters. The fourth-order valence-corrected chi connectivity index (χ4v) is 2.99. The molecule has 2 aromatic rings. The number of nitrogens with two attached hydrogens (primary N) is 1. The lowest BCUT2D eigenvalue weighted by molar-refractivity contribution is 0.347. The van der Waals surface area contributed by atoms with Crippen molar-refractivity contribution in [3.8, 4) is 0 Å². The Morgan fingerprint density at radius 2 is 2.00 bits per heavy atom. The summed E-state index contributed by atoms with van der Waals surface area (Å²) >= 11 is 0. The van der Waals surface area contributed by atoms with Crippen LogP contribution >= 0.6 is 0 Å². The Morgan fingerprint density at radius 3 is 2.52 bits per heavy atom. The van der Waals surface area contributed by atoms with Gasteiger partial charge in [-0.05, 0) is 44.9 Å². The van der Waals surface area contributed by atoms with E-state index in [1.54, 1.807) is 16.8 Å². The minimum absolute atomic E-state index is 0.130. The Balaban J connectivity index is 2.17. The van der Waals surface area contributed by atoms with Crippen LogP contribution in [0, 0.1) is 0 Å². The molecule has 0 aliphatic rings. The third-order valence-electron chi connectivity index (χ3n) is 3.46. The van der Waals surface area contributed by atoms with Gasteiger partial charge in [0.2, 0.25) is 10.0 Å². The maximum atomic E-state index is 11.7. The summed E-state index contributed by atoms with van der Waals surface area (Å²) in [6.45, 7) is 8.47. The predicted octanol–water partition coefficient (Wildman–Crippen LogP) is 1.85. The molecule has 8 heteroatoms. The Hall–Kier alpha value is -1.93. The van der Waals surface area contributed by atoms with Gasteiger partial charge in [-0.3, -0.25) is 0 Å². The summed E-state index contributed by atoms with van der Waals surface area (Å²) in [6, 6.07) is 5.16. The number of hydrogen-bond acceptors (Lipinski definition) is 5. The highest BCUT2D eigenvalue weighted by atomic mass is 32.2. The molecule has 2 rings (SSSR count). The van der Waals surface area contributed by atoms with Gasteiger partial charge in [0.25, 0.3) is 0 Å².